The Balaban J connectivity index is 2.29. The summed E-state index contributed by atoms with van der Waals surface area (Å²) >= 11 is 0. The third-order valence-corrected chi connectivity index (χ3v) is 3.54. The first kappa shape index (κ1) is 16.8. The summed E-state index contributed by atoms with van der Waals surface area (Å²) in [7, 11) is 1.30. The SMILES string of the molecule is COC(=O)c1cc(C#N)c2c(c1)CCN(C(=O)OC(C)(C)C)C2. The third-order valence-electron chi connectivity index (χ3n) is 3.54. The first-order valence-electron chi connectivity index (χ1n) is 7.37. The number of hydrogen-bond donors (Lipinski definition) is 0. The second-order valence-corrected chi connectivity index (χ2v) is 6.42. The topological polar surface area (TPSA) is 79.6 Å². The van der Waals surface area contributed by atoms with E-state index in [4.69, 9.17) is 9.47 Å². The van der Waals surface area contributed by atoms with Crippen LogP contribution in [0.15, 0.2) is 12.1 Å². The molecule has 2 rings (SSSR count). The largest absolute Gasteiger partial charge is 0.465 e. The molecular weight excluding hydrogens is 296 g/mol. The van der Waals surface area contributed by atoms with Crippen LogP contribution in [0.4, 0.5) is 4.79 Å². The molecule has 122 valence electrons. The number of fused-ring (bicyclic) bond motifs is 1. The van der Waals surface area contributed by atoms with Crippen LogP contribution in [0, 0.1) is 11.3 Å². The van der Waals surface area contributed by atoms with Gasteiger partial charge in [-0.3, -0.25) is 0 Å². The highest BCUT2D eigenvalue weighted by Gasteiger charge is 2.28. The Morgan fingerprint density at radius 2 is 2.00 bits per heavy atom. The van der Waals surface area contributed by atoms with Crippen molar-refractivity contribution in [1.29, 1.82) is 5.26 Å². The minimum atomic E-state index is -0.565. The van der Waals surface area contributed by atoms with Crippen LogP contribution in [-0.4, -0.2) is 36.2 Å². The molecule has 1 amide bonds. The van der Waals surface area contributed by atoms with Gasteiger partial charge in [0.15, 0.2) is 0 Å². The zero-order chi connectivity index (χ0) is 17.2. The standard InChI is InChI=1S/C17H20N2O4/c1-17(2,3)23-16(21)19-6-5-11-7-12(15(20)22-4)8-13(9-18)14(11)10-19/h7-8H,5-6,10H2,1-4H3. The Kier molecular flexibility index (Phi) is 4.60. The number of ether oxygens (including phenoxy) is 2. The summed E-state index contributed by atoms with van der Waals surface area (Å²) in [6.45, 7) is 6.22. The summed E-state index contributed by atoms with van der Waals surface area (Å²) in [4.78, 5) is 25.4. The van der Waals surface area contributed by atoms with Crippen LogP contribution in [0.3, 0.4) is 0 Å². The molecular formula is C17H20N2O4. The van der Waals surface area contributed by atoms with Gasteiger partial charge in [-0.2, -0.15) is 5.26 Å². The molecule has 0 spiro atoms. The second-order valence-electron chi connectivity index (χ2n) is 6.42. The van der Waals surface area contributed by atoms with E-state index in [-0.39, 0.29) is 0 Å². The van der Waals surface area contributed by atoms with Crippen molar-refractivity contribution >= 4 is 12.1 Å². The Bertz CT molecular complexity index is 683. The molecule has 1 heterocycles. The maximum Gasteiger partial charge on any atom is 0.410 e. The maximum atomic E-state index is 12.2. The molecule has 1 aliphatic rings. The van der Waals surface area contributed by atoms with Gasteiger partial charge in [0, 0.05) is 6.54 Å². The van der Waals surface area contributed by atoms with Crippen LogP contribution in [0.5, 0.6) is 0 Å². The van der Waals surface area contributed by atoms with E-state index in [1.807, 2.05) is 20.8 Å². The molecule has 23 heavy (non-hydrogen) atoms. The summed E-state index contributed by atoms with van der Waals surface area (Å²) in [5.74, 6) is -0.473. The van der Waals surface area contributed by atoms with Crippen molar-refractivity contribution in [1.82, 2.24) is 4.90 Å². The van der Waals surface area contributed by atoms with Crippen molar-refractivity contribution in [2.75, 3.05) is 13.7 Å². The molecule has 0 aromatic heterocycles. The molecule has 0 radical (unpaired) electrons. The fourth-order valence-corrected chi connectivity index (χ4v) is 2.48. The molecule has 6 heteroatoms. The summed E-state index contributed by atoms with van der Waals surface area (Å²) < 4.78 is 10.1. The number of carbonyl (C=O) groups excluding carboxylic acids is 2. The minimum absolute atomic E-state index is 0.300. The summed E-state index contributed by atoms with van der Waals surface area (Å²) in [5.41, 5.74) is 1.83. The van der Waals surface area contributed by atoms with Gasteiger partial charge in [0.05, 0.1) is 30.9 Å². The van der Waals surface area contributed by atoms with E-state index in [2.05, 4.69) is 6.07 Å². The van der Waals surface area contributed by atoms with E-state index < -0.39 is 17.7 Å². The van der Waals surface area contributed by atoms with E-state index in [0.717, 1.165) is 11.1 Å². The zero-order valence-electron chi connectivity index (χ0n) is 13.8. The van der Waals surface area contributed by atoms with Crippen LogP contribution >= 0.6 is 0 Å². The Labute approximate surface area is 135 Å². The highest BCUT2D eigenvalue weighted by Crippen LogP contribution is 2.26. The smallest absolute Gasteiger partial charge is 0.410 e. The van der Waals surface area contributed by atoms with Gasteiger partial charge in [-0.1, -0.05) is 0 Å². The highest BCUT2D eigenvalue weighted by atomic mass is 16.6. The van der Waals surface area contributed by atoms with E-state index in [1.165, 1.54) is 13.2 Å². The Morgan fingerprint density at radius 3 is 2.57 bits per heavy atom. The van der Waals surface area contributed by atoms with Crippen LogP contribution in [0.1, 0.15) is 47.8 Å². The minimum Gasteiger partial charge on any atom is -0.465 e. The number of rotatable bonds is 1. The van der Waals surface area contributed by atoms with Crippen LogP contribution in [0.25, 0.3) is 0 Å². The molecule has 0 saturated carbocycles. The predicted octanol–water partition coefficient (Wildman–Crippen LogP) is 2.64. The monoisotopic (exact) mass is 316 g/mol. The molecule has 0 aliphatic carbocycles. The number of nitrogens with zero attached hydrogens (tertiary/aromatic N) is 2. The number of benzene rings is 1. The van der Waals surface area contributed by atoms with Gasteiger partial charge >= 0.3 is 12.1 Å². The van der Waals surface area contributed by atoms with Crippen molar-refractivity contribution in [3.05, 3.63) is 34.4 Å². The molecule has 0 saturated heterocycles. The molecule has 1 aromatic carbocycles. The average molecular weight is 316 g/mol. The van der Waals surface area contributed by atoms with Crippen molar-refractivity contribution < 1.29 is 19.1 Å². The molecule has 1 aliphatic heterocycles. The van der Waals surface area contributed by atoms with Crippen molar-refractivity contribution in [2.45, 2.75) is 39.3 Å². The second kappa shape index (κ2) is 6.29. The molecule has 0 atom stereocenters. The van der Waals surface area contributed by atoms with E-state index >= 15 is 0 Å². The van der Waals surface area contributed by atoms with Crippen molar-refractivity contribution in [3.63, 3.8) is 0 Å². The van der Waals surface area contributed by atoms with Crippen LogP contribution < -0.4 is 0 Å². The van der Waals surface area contributed by atoms with Crippen molar-refractivity contribution in [3.8, 4) is 6.07 Å². The lowest BCUT2D eigenvalue weighted by Gasteiger charge is -2.31. The van der Waals surface area contributed by atoms with E-state index in [9.17, 15) is 14.9 Å². The first-order chi connectivity index (χ1) is 10.7. The average Bonchev–Trinajstić information content (AvgIpc) is 2.50. The van der Waals surface area contributed by atoms with E-state index in [1.54, 1.807) is 11.0 Å². The van der Waals surface area contributed by atoms with Gasteiger partial charge in [-0.05, 0) is 50.5 Å². The molecule has 0 unspecified atom stereocenters. The highest BCUT2D eigenvalue weighted by molar-refractivity contribution is 5.90. The van der Waals surface area contributed by atoms with Crippen molar-refractivity contribution in [2.24, 2.45) is 0 Å². The quantitative estimate of drug-likeness (QED) is 0.744. The van der Waals surface area contributed by atoms with Gasteiger partial charge < -0.3 is 14.4 Å². The third kappa shape index (κ3) is 3.81. The molecule has 6 nitrogen and oxygen atoms in total. The van der Waals surface area contributed by atoms with Crippen LogP contribution in [0.2, 0.25) is 0 Å². The lowest BCUT2D eigenvalue weighted by atomic mass is 9.93. The molecule has 0 fully saturated rings. The number of amides is 1. The van der Waals surface area contributed by atoms with Gasteiger partial charge in [0.1, 0.15) is 5.60 Å². The Hall–Kier alpha value is -2.55. The predicted molar refractivity (Wildman–Crippen MR) is 82.8 cm³/mol. The Morgan fingerprint density at radius 1 is 1.30 bits per heavy atom. The summed E-state index contributed by atoms with van der Waals surface area (Å²) in [6.07, 6.45) is 0.165. The summed E-state index contributed by atoms with van der Waals surface area (Å²) in [6, 6.07) is 5.33. The van der Waals surface area contributed by atoms with Gasteiger partial charge in [0.25, 0.3) is 0 Å². The lowest BCUT2D eigenvalue weighted by Crippen LogP contribution is -2.40. The first-order valence-corrected chi connectivity index (χ1v) is 7.37. The molecule has 0 bridgehead atoms. The van der Waals surface area contributed by atoms with Gasteiger partial charge in [0.2, 0.25) is 0 Å². The number of methoxy groups -OCH3 is 1. The van der Waals surface area contributed by atoms with E-state index in [0.29, 0.717) is 30.6 Å². The zero-order valence-corrected chi connectivity index (χ0v) is 13.8. The van der Waals surface area contributed by atoms with Gasteiger partial charge in [-0.25, -0.2) is 9.59 Å². The fraction of sp³-hybridized carbons (Fsp3) is 0.471. The number of carbonyl (C=O) groups is 2. The van der Waals surface area contributed by atoms with Gasteiger partial charge in [-0.15, -0.1) is 0 Å². The number of hydrogen-bond acceptors (Lipinski definition) is 5. The van der Waals surface area contributed by atoms with Crippen LogP contribution in [-0.2, 0) is 22.4 Å². The fourth-order valence-electron chi connectivity index (χ4n) is 2.48. The number of nitriles is 1. The lowest BCUT2D eigenvalue weighted by molar-refractivity contribution is 0.0223. The normalized spacial score (nSPS) is 13.8. The number of esters is 1. The molecule has 1 aromatic rings. The summed E-state index contributed by atoms with van der Waals surface area (Å²) in [5, 5.41) is 9.35. The maximum absolute atomic E-state index is 12.2. The molecule has 0 N–H and O–H groups in total.